The van der Waals surface area contributed by atoms with Crippen LogP contribution in [-0.2, 0) is 11.8 Å². The maximum atomic E-state index is 12.8. The first-order chi connectivity index (χ1) is 15.8. The fourth-order valence-corrected chi connectivity index (χ4v) is 3.98. The van der Waals surface area contributed by atoms with E-state index in [-0.39, 0.29) is 29.5 Å². The summed E-state index contributed by atoms with van der Waals surface area (Å²) in [6, 6.07) is 14.3. The minimum atomic E-state index is -0.321. The Bertz CT molecular complexity index is 1110. The van der Waals surface area contributed by atoms with Gasteiger partial charge in [-0.25, -0.2) is 0 Å². The number of aromatic nitrogens is 3. The van der Waals surface area contributed by atoms with Gasteiger partial charge in [-0.15, -0.1) is 10.2 Å². The molecule has 174 valence electrons. The SMILES string of the molecule is COc1ccc(NC(=O)CSc2nnc([C@@H](NC(=O)c3cccc(C)c3)C(C)C)n2C)cc1. The highest BCUT2D eigenvalue weighted by Crippen LogP contribution is 2.25. The molecule has 3 aromatic rings. The fraction of sp³-hybridized carbons (Fsp3) is 0.333. The number of hydrogen-bond donors (Lipinski definition) is 2. The van der Waals surface area contributed by atoms with Crippen LogP contribution in [-0.4, -0.2) is 39.4 Å². The van der Waals surface area contributed by atoms with E-state index in [0.29, 0.717) is 22.2 Å². The molecule has 33 heavy (non-hydrogen) atoms. The third-order valence-corrected chi connectivity index (χ3v) is 6.11. The molecule has 0 saturated heterocycles. The average molecular weight is 468 g/mol. The van der Waals surface area contributed by atoms with Gasteiger partial charge in [0.2, 0.25) is 5.91 Å². The van der Waals surface area contributed by atoms with Crippen LogP contribution < -0.4 is 15.4 Å². The van der Waals surface area contributed by atoms with Crippen LogP contribution in [0.25, 0.3) is 0 Å². The maximum Gasteiger partial charge on any atom is 0.251 e. The lowest BCUT2D eigenvalue weighted by atomic mass is 10.0. The topological polar surface area (TPSA) is 98.1 Å². The lowest BCUT2D eigenvalue weighted by molar-refractivity contribution is -0.113. The Kier molecular flexibility index (Phi) is 8.11. The van der Waals surface area contributed by atoms with Gasteiger partial charge >= 0.3 is 0 Å². The number of carbonyl (C=O) groups is 2. The number of ether oxygens (including phenoxy) is 1. The van der Waals surface area contributed by atoms with Gasteiger partial charge in [0, 0.05) is 18.3 Å². The number of anilines is 1. The van der Waals surface area contributed by atoms with Crippen molar-refractivity contribution < 1.29 is 14.3 Å². The van der Waals surface area contributed by atoms with E-state index in [0.717, 1.165) is 11.3 Å². The Balaban J connectivity index is 1.64. The van der Waals surface area contributed by atoms with E-state index in [1.807, 2.05) is 50.6 Å². The van der Waals surface area contributed by atoms with Crippen molar-refractivity contribution in [2.24, 2.45) is 13.0 Å². The van der Waals surface area contributed by atoms with Crippen LogP contribution in [0.15, 0.2) is 53.7 Å². The van der Waals surface area contributed by atoms with E-state index in [1.165, 1.54) is 11.8 Å². The lowest BCUT2D eigenvalue weighted by Crippen LogP contribution is -2.33. The van der Waals surface area contributed by atoms with Gasteiger partial charge in [-0.05, 0) is 49.2 Å². The summed E-state index contributed by atoms with van der Waals surface area (Å²) in [6.45, 7) is 5.99. The van der Waals surface area contributed by atoms with Gasteiger partial charge in [0.05, 0.1) is 18.9 Å². The van der Waals surface area contributed by atoms with Crippen LogP contribution in [0, 0.1) is 12.8 Å². The largest absolute Gasteiger partial charge is 0.497 e. The van der Waals surface area contributed by atoms with Crippen molar-refractivity contribution in [1.29, 1.82) is 0 Å². The molecule has 0 bridgehead atoms. The number of hydrogen-bond acceptors (Lipinski definition) is 6. The summed E-state index contributed by atoms with van der Waals surface area (Å²) in [4.78, 5) is 25.2. The van der Waals surface area contributed by atoms with Gasteiger partial charge in [-0.1, -0.05) is 43.3 Å². The van der Waals surface area contributed by atoms with Crippen molar-refractivity contribution in [3.8, 4) is 5.75 Å². The lowest BCUT2D eigenvalue weighted by Gasteiger charge is -2.21. The summed E-state index contributed by atoms with van der Waals surface area (Å²) >= 11 is 1.29. The molecule has 0 saturated carbocycles. The first-order valence-corrected chi connectivity index (χ1v) is 11.6. The molecule has 0 aliphatic heterocycles. The molecule has 8 nitrogen and oxygen atoms in total. The number of thioether (sulfide) groups is 1. The van der Waals surface area contributed by atoms with E-state index in [9.17, 15) is 9.59 Å². The minimum Gasteiger partial charge on any atom is -0.497 e. The molecule has 0 aliphatic rings. The Hall–Kier alpha value is -3.33. The molecule has 3 rings (SSSR count). The van der Waals surface area contributed by atoms with Crippen molar-refractivity contribution in [1.82, 2.24) is 20.1 Å². The van der Waals surface area contributed by atoms with Crippen LogP contribution in [0.3, 0.4) is 0 Å². The van der Waals surface area contributed by atoms with Gasteiger partial charge < -0.3 is 19.9 Å². The number of carbonyl (C=O) groups excluding carboxylic acids is 2. The van der Waals surface area contributed by atoms with Crippen molar-refractivity contribution in [3.63, 3.8) is 0 Å². The Labute approximate surface area is 198 Å². The van der Waals surface area contributed by atoms with Crippen LogP contribution in [0.1, 0.15) is 41.6 Å². The number of nitrogens with one attached hydrogen (secondary N) is 2. The van der Waals surface area contributed by atoms with Crippen LogP contribution in [0.2, 0.25) is 0 Å². The van der Waals surface area contributed by atoms with Gasteiger partial charge in [0.25, 0.3) is 5.91 Å². The third-order valence-electron chi connectivity index (χ3n) is 5.09. The van der Waals surface area contributed by atoms with Crippen LogP contribution in [0.5, 0.6) is 5.75 Å². The van der Waals surface area contributed by atoms with Gasteiger partial charge in [0.15, 0.2) is 11.0 Å². The molecule has 9 heteroatoms. The Morgan fingerprint density at radius 1 is 1.12 bits per heavy atom. The molecule has 1 aromatic heterocycles. The number of rotatable bonds is 9. The van der Waals surface area contributed by atoms with Gasteiger partial charge in [-0.2, -0.15) is 0 Å². The maximum absolute atomic E-state index is 12.8. The van der Waals surface area contributed by atoms with E-state index >= 15 is 0 Å². The highest BCUT2D eigenvalue weighted by molar-refractivity contribution is 7.99. The van der Waals surface area contributed by atoms with Gasteiger partial charge in [-0.3, -0.25) is 9.59 Å². The molecule has 0 unspecified atom stereocenters. The second-order valence-corrected chi connectivity index (χ2v) is 8.97. The Morgan fingerprint density at radius 2 is 1.85 bits per heavy atom. The van der Waals surface area contributed by atoms with Gasteiger partial charge in [0.1, 0.15) is 5.75 Å². The van der Waals surface area contributed by atoms with Crippen LogP contribution in [0.4, 0.5) is 5.69 Å². The zero-order valence-corrected chi connectivity index (χ0v) is 20.3. The summed E-state index contributed by atoms with van der Waals surface area (Å²) in [7, 11) is 3.44. The molecule has 2 amide bonds. The van der Waals surface area contributed by atoms with Crippen molar-refractivity contribution in [2.45, 2.75) is 32.0 Å². The molecule has 0 aliphatic carbocycles. The highest BCUT2D eigenvalue weighted by Gasteiger charge is 2.25. The molecular formula is C24H29N5O3S. The van der Waals surface area contributed by atoms with E-state index in [1.54, 1.807) is 37.4 Å². The number of benzene rings is 2. The molecule has 1 atom stereocenters. The molecular weight excluding hydrogens is 438 g/mol. The summed E-state index contributed by atoms with van der Waals surface area (Å²) in [5, 5.41) is 15.1. The number of methoxy groups -OCH3 is 1. The second kappa shape index (κ2) is 11.0. The summed E-state index contributed by atoms with van der Waals surface area (Å²) in [5.41, 5.74) is 2.32. The molecule has 0 spiro atoms. The predicted molar refractivity (Wildman–Crippen MR) is 130 cm³/mol. The van der Waals surface area contributed by atoms with Crippen molar-refractivity contribution >= 4 is 29.3 Å². The van der Waals surface area contributed by atoms with Crippen molar-refractivity contribution in [3.05, 3.63) is 65.5 Å². The van der Waals surface area contributed by atoms with E-state index < -0.39 is 0 Å². The smallest absolute Gasteiger partial charge is 0.251 e. The minimum absolute atomic E-state index is 0.0953. The summed E-state index contributed by atoms with van der Waals surface area (Å²) in [6.07, 6.45) is 0. The van der Waals surface area contributed by atoms with E-state index in [2.05, 4.69) is 20.8 Å². The van der Waals surface area contributed by atoms with Crippen molar-refractivity contribution in [2.75, 3.05) is 18.2 Å². The molecule has 0 fully saturated rings. The summed E-state index contributed by atoms with van der Waals surface area (Å²) < 4.78 is 6.95. The molecule has 0 radical (unpaired) electrons. The van der Waals surface area contributed by atoms with Crippen LogP contribution >= 0.6 is 11.8 Å². The zero-order chi connectivity index (χ0) is 24.0. The highest BCUT2D eigenvalue weighted by atomic mass is 32.2. The first kappa shape index (κ1) is 24.3. The molecule has 2 aromatic carbocycles. The normalized spacial score (nSPS) is 11.8. The fourth-order valence-electron chi connectivity index (χ4n) is 3.26. The zero-order valence-electron chi connectivity index (χ0n) is 19.5. The Morgan fingerprint density at radius 3 is 2.48 bits per heavy atom. The van der Waals surface area contributed by atoms with E-state index in [4.69, 9.17) is 4.74 Å². The quantitative estimate of drug-likeness (QED) is 0.462. The third kappa shape index (κ3) is 6.35. The number of aryl methyl sites for hydroxylation is 1. The second-order valence-electron chi connectivity index (χ2n) is 8.03. The molecule has 1 heterocycles. The standard InChI is InChI=1S/C24H29N5O3S/c1-15(2)21(26-23(31)17-8-6-7-16(3)13-17)22-27-28-24(29(22)4)33-14-20(30)25-18-9-11-19(32-5)12-10-18/h6-13,15,21H,14H2,1-5H3,(H,25,30)(H,26,31)/t21-/m0/s1. The number of amides is 2. The first-order valence-electron chi connectivity index (χ1n) is 10.6. The predicted octanol–water partition coefficient (Wildman–Crippen LogP) is 3.99. The summed E-state index contributed by atoms with van der Waals surface area (Å²) in [5.74, 6) is 1.33. The monoisotopic (exact) mass is 467 g/mol. The average Bonchev–Trinajstić information content (AvgIpc) is 3.16. The molecule has 2 N–H and O–H groups in total. The number of nitrogens with zero attached hydrogens (tertiary/aromatic N) is 3.